The fraction of sp³-hybridized carbons (Fsp3) is 0.611. The van der Waals surface area contributed by atoms with Crippen molar-refractivity contribution >= 4 is 17.7 Å². The van der Waals surface area contributed by atoms with Crippen molar-refractivity contribution in [3.05, 3.63) is 24.5 Å². The molecule has 1 aromatic heterocycles. The first-order valence-electron chi connectivity index (χ1n) is 9.31. The highest BCUT2D eigenvalue weighted by Crippen LogP contribution is 2.25. The molecule has 134 valence electrons. The van der Waals surface area contributed by atoms with Gasteiger partial charge in [-0.05, 0) is 12.8 Å². The zero-order chi connectivity index (χ0) is 17.1. The summed E-state index contributed by atoms with van der Waals surface area (Å²) in [5, 5.41) is 2.88. The Labute approximate surface area is 148 Å². The summed E-state index contributed by atoms with van der Waals surface area (Å²) in [7, 11) is 0. The Morgan fingerprint density at radius 3 is 2.48 bits per heavy atom. The second-order valence-corrected chi connectivity index (χ2v) is 7.03. The van der Waals surface area contributed by atoms with E-state index in [9.17, 15) is 4.79 Å². The quantitative estimate of drug-likeness (QED) is 0.851. The molecular weight excluding hydrogens is 316 g/mol. The van der Waals surface area contributed by atoms with Crippen LogP contribution in [-0.4, -0.2) is 71.1 Å². The van der Waals surface area contributed by atoms with Crippen molar-refractivity contribution in [2.75, 3.05) is 49.5 Å². The van der Waals surface area contributed by atoms with Crippen LogP contribution in [0.25, 0.3) is 0 Å². The summed E-state index contributed by atoms with van der Waals surface area (Å²) in [6, 6.07) is 2.56. The lowest BCUT2D eigenvalue weighted by molar-refractivity contribution is 0.187. The van der Waals surface area contributed by atoms with Crippen molar-refractivity contribution in [2.45, 2.75) is 31.7 Å². The average molecular weight is 342 g/mol. The topological polar surface area (TPSA) is 64.6 Å². The molecular formula is C18H26N6O. The van der Waals surface area contributed by atoms with Gasteiger partial charge >= 0.3 is 6.03 Å². The van der Waals surface area contributed by atoms with Crippen LogP contribution in [0, 0.1) is 0 Å². The van der Waals surface area contributed by atoms with Crippen LogP contribution in [0.3, 0.4) is 0 Å². The first kappa shape index (κ1) is 16.3. The van der Waals surface area contributed by atoms with Crippen molar-refractivity contribution in [3.63, 3.8) is 0 Å². The molecule has 0 bridgehead atoms. The minimum absolute atomic E-state index is 0.110. The van der Waals surface area contributed by atoms with Crippen molar-refractivity contribution in [1.82, 2.24) is 19.8 Å². The van der Waals surface area contributed by atoms with Gasteiger partial charge in [-0.3, -0.25) is 10.2 Å². The summed E-state index contributed by atoms with van der Waals surface area (Å²) in [4.78, 5) is 27.5. The van der Waals surface area contributed by atoms with E-state index in [0.717, 1.165) is 38.0 Å². The van der Waals surface area contributed by atoms with Crippen LogP contribution in [0.5, 0.6) is 0 Å². The Morgan fingerprint density at radius 1 is 1.04 bits per heavy atom. The zero-order valence-electron chi connectivity index (χ0n) is 14.6. The first-order chi connectivity index (χ1) is 12.3. The SMILES string of the molecule is O=C(Nc1cc(N2CCN(C3CCCC3)CC2)ncn1)N1CC=CC1. The summed E-state index contributed by atoms with van der Waals surface area (Å²) in [6.07, 6.45) is 11.0. The zero-order valence-corrected chi connectivity index (χ0v) is 14.6. The molecule has 1 aliphatic carbocycles. The third-order valence-corrected chi connectivity index (χ3v) is 5.47. The molecule has 0 spiro atoms. The highest BCUT2D eigenvalue weighted by atomic mass is 16.2. The van der Waals surface area contributed by atoms with Crippen molar-refractivity contribution < 1.29 is 4.79 Å². The van der Waals surface area contributed by atoms with E-state index in [1.54, 1.807) is 4.90 Å². The fourth-order valence-corrected chi connectivity index (χ4v) is 4.01. The number of urea groups is 1. The Kier molecular flexibility index (Phi) is 4.83. The minimum Gasteiger partial charge on any atom is -0.354 e. The van der Waals surface area contributed by atoms with Crippen LogP contribution in [0.4, 0.5) is 16.4 Å². The van der Waals surface area contributed by atoms with Gasteiger partial charge in [0.25, 0.3) is 0 Å². The number of carbonyl (C=O) groups excluding carboxylic acids is 1. The molecule has 7 nitrogen and oxygen atoms in total. The number of nitrogens with one attached hydrogen (secondary N) is 1. The molecule has 3 heterocycles. The molecule has 4 rings (SSSR count). The number of carbonyl (C=O) groups is 1. The summed E-state index contributed by atoms with van der Waals surface area (Å²) in [5.74, 6) is 1.47. The lowest BCUT2D eigenvalue weighted by Crippen LogP contribution is -2.50. The Morgan fingerprint density at radius 2 is 1.76 bits per heavy atom. The van der Waals surface area contributed by atoms with Gasteiger partial charge in [0.15, 0.2) is 0 Å². The van der Waals surface area contributed by atoms with Crippen LogP contribution in [0.1, 0.15) is 25.7 Å². The molecule has 7 heteroatoms. The maximum absolute atomic E-state index is 12.2. The number of amides is 2. The van der Waals surface area contributed by atoms with Gasteiger partial charge in [0.2, 0.25) is 0 Å². The number of hydrogen-bond acceptors (Lipinski definition) is 5. The van der Waals surface area contributed by atoms with Gasteiger partial charge in [-0.2, -0.15) is 0 Å². The highest BCUT2D eigenvalue weighted by Gasteiger charge is 2.26. The van der Waals surface area contributed by atoms with Gasteiger partial charge < -0.3 is 9.80 Å². The van der Waals surface area contributed by atoms with Gasteiger partial charge in [0.05, 0.1) is 0 Å². The Balaban J connectivity index is 1.34. The predicted octanol–water partition coefficient (Wildman–Crippen LogP) is 1.94. The second kappa shape index (κ2) is 7.39. The summed E-state index contributed by atoms with van der Waals surface area (Å²) in [6.45, 7) is 5.47. The maximum atomic E-state index is 12.2. The van der Waals surface area contributed by atoms with Gasteiger partial charge in [0, 0.05) is 51.4 Å². The average Bonchev–Trinajstić information content (AvgIpc) is 3.36. The van der Waals surface area contributed by atoms with Gasteiger partial charge in [-0.1, -0.05) is 25.0 Å². The number of hydrogen-bond donors (Lipinski definition) is 1. The predicted molar refractivity (Wildman–Crippen MR) is 97.8 cm³/mol. The molecule has 0 radical (unpaired) electrons. The van der Waals surface area contributed by atoms with E-state index in [0.29, 0.717) is 18.9 Å². The largest absolute Gasteiger partial charge is 0.354 e. The molecule has 0 unspecified atom stereocenters. The minimum atomic E-state index is -0.110. The number of anilines is 2. The van der Waals surface area contributed by atoms with E-state index in [2.05, 4.69) is 25.1 Å². The Bertz CT molecular complexity index is 626. The van der Waals surface area contributed by atoms with E-state index in [1.807, 2.05) is 18.2 Å². The molecule has 2 fully saturated rings. The molecule has 1 aromatic rings. The van der Waals surface area contributed by atoms with Crippen LogP contribution >= 0.6 is 0 Å². The fourth-order valence-electron chi connectivity index (χ4n) is 4.01. The van der Waals surface area contributed by atoms with E-state index in [4.69, 9.17) is 0 Å². The third-order valence-electron chi connectivity index (χ3n) is 5.47. The normalized spacial score (nSPS) is 21.9. The van der Waals surface area contributed by atoms with Gasteiger partial charge in [0.1, 0.15) is 18.0 Å². The standard InChI is InChI=1S/C18H26N6O/c25-18(24-7-3-4-8-24)21-16-13-17(20-14-19-16)23-11-9-22(10-12-23)15-5-1-2-6-15/h3-4,13-15H,1-2,5-12H2,(H,19,20,21,25). The van der Waals surface area contributed by atoms with E-state index in [1.165, 1.54) is 32.0 Å². The van der Waals surface area contributed by atoms with Crippen molar-refractivity contribution in [2.24, 2.45) is 0 Å². The summed E-state index contributed by atoms with van der Waals surface area (Å²) < 4.78 is 0. The lowest BCUT2D eigenvalue weighted by Gasteiger charge is -2.38. The molecule has 2 aliphatic heterocycles. The molecule has 0 aromatic carbocycles. The molecule has 25 heavy (non-hydrogen) atoms. The molecule has 3 aliphatic rings. The Hall–Kier alpha value is -2.15. The summed E-state index contributed by atoms with van der Waals surface area (Å²) in [5.41, 5.74) is 0. The number of piperazine rings is 1. The maximum Gasteiger partial charge on any atom is 0.323 e. The monoisotopic (exact) mass is 342 g/mol. The third kappa shape index (κ3) is 3.76. The second-order valence-electron chi connectivity index (χ2n) is 7.03. The van der Waals surface area contributed by atoms with E-state index >= 15 is 0 Å². The van der Waals surface area contributed by atoms with Crippen molar-refractivity contribution in [1.29, 1.82) is 0 Å². The van der Waals surface area contributed by atoms with E-state index in [-0.39, 0.29) is 6.03 Å². The lowest BCUT2D eigenvalue weighted by atomic mass is 10.2. The summed E-state index contributed by atoms with van der Waals surface area (Å²) >= 11 is 0. The number of nitrogens with zero attached hydrogens (tertiary/aromatic N) is 5. The molecule has 2 amide bonds. The van der Waals surface area contributed by atoms with Crippen LogP contribution in [0.15, 0.2) is 24.5 Å². The number of rotatable bonds is 3. The molecule has 1 N–H and O–H groups in total. The first-order valence-corrected chi connectivity index (χ1v) is 9.31. The highest BCUT2D eigenvalue weighted by molar-refractivity contribution is 5.89. The van der Waals surface area contributed by atoms with E-state index < -0.39 is 0 Å². The van der Waals surface area contributed by atoms with Crippen LogP contribution in [0.2, 0.25) is 0 Å². The smallest absolute Gasteiger partial charge is 0.323 e. The molecule has 1 saturated heterocycles. The van der Waals surface area contributed by atoms with Crippen LogP contribution < -0.4 is 10.2 Å². The van der Waals surface area contributed by atoms with Gasteiger partial charge in [-0.25, -0.2) is 14.8 Å². The molecule has 1 saturated carbocycles. The number of aromatic nitrogens is 2. The van der Waals surface area contributed by atoms with Crippen LogP contribution in [-0.2, 0) is 0 Å². The van der Waals surface area contributed by atoms with Crippen molar-refractivity contribution in [3.8, 4) is 0 Å². The molecule has 0 atom stereocenters. The van der Waals surface area contributed by atoms with Gasteiger partial charge in [-0.15, -0.1) is 0 Å².